The summed E-state index contributed by atoms with van der Waals surface area (Å²) in [6, 6.07) is 13.2. The average molecular weight is 421 g/mol. The number of anilines is 2. The Kier molecular flexibility index (Phi) is 6.25. The maximum atomic E-state index is 13.3. The van der Waals surface area contributed by atoms with E-state index in [4.69, 9.17) is 0 Å². The number of rotatable bonds is 6. The lowest BCUT2D eigenvalue weighted by atomic mass is 10.3. The summed E-state index contributed by atoms with van der Waals surface area (Å²) in [5.74, 6) is -0.00617. The lowest BCUT2D eigenvalue weighted by Crippen LogP contribution is -2.33. The Balaban J connectivity index is 1.99. The second kappa shape index (κ2) is 8.66. The fourth-order valence-corrected chi connectivity index (χ4v) is 5.19. The average Bonchev–Trinajstić information content (AvgIpc) is 2.88. The standard InChI is InChI=1S/C19H20N2O5S2/c1-26-19(23)9-11-21(14-5-3-2-4-6-14)28(24,25)15-7-8-17-16(13-15)20-18(22)10-12-27-17/h2-8,13H,9-12H2,1H3,(H,20,22). The predicted molar refractivity (Wildman–Crippen MR) is 108 cm³/mol. The van der Waals surface area contributed by atoms with Crippen LogP contribution >= 0.6 is 11.8 Å². The maximum Gasteiger partial charge on any atom is 0.307 e. The van der Waals surface area contributed by atoms with E-state index in [1.807, 2.05) is 0 Å². The third kappa shape index (κ3) is 4.48. The molecule has 28 heavy (non-hydrogen) atoms. The zero-order valence-electron chi connectivity index (χ0n) is 15.3. The molecule has 2 aromatic carbocycles. The number of nitrogens with one attached hydrogen (secondary N) is 1. The Morgan fingerprint density at radius 1 is 1.21 bits per heavy atom. The van der Waals surface area contributed by atoms with Crippen LogP contribution in [0.4, 0.5) is 11.4 Å². The molecular weight excluding hydrogens is 400 g/mol. The molecule has 1 aliphatic rings. The van der Waals surface area contributed by atoms with Gasteiger partial charge in [0.05, 0.1) is 29.8 Å². The van der Waals surface area contributed by atoms with Gasteiger partial charge in [-0.2, -0.15) is 0 Å². The van der Waals surface area contributed by atoms with Gasteiger partial charge in [0.25, 0.3) is 10.0 Å². The molecule has 0 bridgehead atoms. The molecule has 0 fully saturated rings. The van der Waals surface area contributed by atoms with Gasteiger partial charge < -0.3 is 10.1 Å². The van der Waals surface area contributed by atoms with E-state index in [0.29, 0.717) is 23.5 Å². The fraction of sp³-hybridized carbons (Fsp3) is 0.263. The van der Waals surface area contributed by atoms with Crippen LogP contribution in [0.1, 0.15) is 12.8 Å². The number of para-hydroxylation sites is 1. The summed E-state index contributed by atoms with van der Waals surface area (Å²) in [5, 5.41) is 2.76. The molecule has 1 aliphatic heterocycles. The SMILES string of the molecule is COC(=O)CCN(c1ccccc1)S(=O)(=O)c1ccc2c(c1)NC(=O)CCS2. The zero-order chi connectivity index (χ0) is 20.1. The van der Waals surface area contributed by atoms with Gasteiger partial charge in [0.15, 0.2) is 0 Å². The van der Waals surface area contributed by atoms with E-state index in [9.17, 15) is 18.0 Å². The molecule has 148 valence electrons. The van der Waals surface area contributed by atoms with Gasteiger partial charge in [0, 0.05) is 23.6 Å². The Hall–Kier alpha value is -2.52. The first kappa shape index (κ1) is 20.2. The number of amides is 1. The van der Waals surface area contributed by atoms with Crippen molar-refractivity contribution in [2.45, 2.75) is 22.6 Å². The van der Waals surface area contributed by atoms with Crippen LogP contribution in [0.3, 0.4) is 0 Å². The van der Waals surface area contributed by atoms with Crippen molar-refractivity contribution < 1.29 is 22.7 Å². The Morgan fingerprint density at radius 2 is 1.96 bits per heavy atom. The van der Waals surface area contributed by atoms with E-state index in [0.717, 1.165) is 4.90 Å². The molecule has 3 rings (SSSR count). The number of thioether (sulfide) groups is 1. The van der Waals surface area contributed by atoms with Gasteiger partial charge in [-0.05, 0) is 30.3 Å². The van der Waals surface area contributed by atoms with Crippen molar-refractivity contribution in [1.29, 1.82) is 0 Å². The van der Waals surface area contributed by atoms with Crippen LogP contribution in [0.25, 0.3) is 0 Å². The predicted octanol–water partition coefficient (Wildman–Crippen LogP) is 2.88. The third-order valence-electron chi connectivity index (χ3n) is 4.19. The van der Waals surface area contributed by atoms with Gasteiger partial charge in [-0.25, -0.2) is 8.42 Å². The van der Waals surface area contributed by atoms with E-state index in [2.05, 4.69) is 10.1 Å². The number of hydrogen-bond donors (Lipinski definition) is 1. The largest absolute Gasteiger partial charge is 0.469 e. The zero-order valence-corrected chi connectivity index (χ0v) is 16.9. The fourth-order valence-electron chi connectivity index (χ4n) is 2.76. The van der Waals surface area contributed by atoms with Gasteiger partial charge in [0.2, 0.25) is 5.91 Å². The summed E-state index contributed by atoms with van der Waals surface area (Å²) in [6.07, 6.45) is 0.291. The highest BCUT2D eigenvalue weighted by atomic mass is 32.2. The number of carbonyl (C=O) groups is 2. The highest BCUT2D eigenvalue weighted by Gasteiger charge is 2.27. The van der Waals surface area contributed by atoms with Gasteiger partial charge in [-0.3, -0.25) is 13.9 Å². The van der Waals surface area contributed by atoms with Crippen LogP contribution in [0.5, 0.6) is 0 Å². The van der Waals surface area contributed by atoms with E-state index in [1.165, 1.54) is 35.3 Å². The molecular formula is C19H20N2O5S2. The minimum absolute atomic E-state index is 0.0442. The molecule has 0 atom stereocenters. The highest BCUT2D eigenvalue weighted by molar-refractivity contribution is 7.99. The minimum Gasteiger partial charge on any atom is -0.469 e. The van der Waals surface area contributed by atoms with E-state index >= 15 is 0 Å². The first-order valence-corrected chi connectivity index (χ1v) is 11.1. The molecule has 1 N–H and O–H groups in total. The van der Waals surface area contributed by atoms with Crippen LogP contribution in [0, 0.1) is 0 Å². The van der Waals surface area contributed by atoms with Gasteiger partial charge in [-0.15, -0.1) is 11.8 Å². The normalized spacial score (nSPS) is 13.8. The van der Waals surface area contributed by atoms with Crippen molar-refractivity contribution in [1.82, 2.24) is 0 Å². The van der Waals surface area contributed by atoms with Crippen molar-refractivity contribution in [3.63, 3.8) is 0 Å². The molecule has 0 saturated carbocycles. The summed E-state index contributed by atoms with van der Waals surface area (Å²) in [4.78, 5) is 24.3. The first-order valence-electron chi connectivity index (χ1n) is 8.63. The Bertz CT molecular complexity index is 977. The topological polar surface area (TPSA) is 92.8 Å². The molecule has 1 amide bonds. The number of esters is 1. The summed E-state index contributed by atoms with van der Waals surface area (Å²) in [7, 11) is -2.70. The molecule has 0 unspecified atom stereocenters. The maximum absolute atomic E-state index is 13.3. The summed E-state index contributed by atoms with van der Waals surface area (Å²) in [6.45, 7) is -0.0583. The number of fused-ring (bicyclic) bond motifs is 1. The van der Waals surface area contributed by atoms with Crippen LogP contribution < -0.4 is 9.62 Å². The van der Waals surface area contributed by atoms with Crippen molar-refractivity contribution >= 4 is 45.0 Å². The third-order valence-corrected chi connectivity index (χ3v) is 7.09. The molecule has 0 aromatic heterocycles. The smallest absolute Gasteiger partial charge is 0.307 e. The number of carbonyl (C=O) groups excluding carboxylic acids is 2. The highest BCUT2D eigenvalue weighted by Crippen LogP contribution is 2.34. The van der Waals surface area contributed by atoms with Crippen molar-refractivity contribution in [2.24, 2.45) is 0 Å². The summed E-state index contributed by atoms with van der Waals surface area (Å²) >= 11 is 1.50. The monoisotopic (exact) mass is 420 g/mol. The number of sulfonamides is 1. The molecule has 0 radical (unpaired) electrons. The summed E-state index contributed by atoms with van der Waals surface area (Å²) in [5.41, 5.74) is 0.925. The Labute approximate surface area is 168 Å². The van der Waals surface area contributed by atoms with Crippen LogP contribution in [-0.4, -0.2) is 39.7 Å². The number of benzene rings is 2. The van der Waals surface area contributed by atoms with Crippen LogP contribution in [-0.2, 0) is 24.3 Å². The van der Waals surface area contributed by atoms with Gasteiger partial charge in [-0.1, -0.05) is 18.2 Å². The number of nitrogens with zero attached hydrogens (tertiary/aromatic N) is 1. The van der Waals surface area contributed by atoms with Crippen molar-refractivity contribution in [2.75, 3.05) is 29.0 Å². The summed E-state index contributed by atoms with van der Waals surface area (Å²) < 4.78 is 32.5. The van der Waals surface area contributed by atoms with Gasteiger partial charge >= 0.3 is 5.97 Å². The van der Waals surface area contributed by atoms with E-state index < -0.39 is 16.0 Å². The minimum atomic E-state index is -3.96. The van der Waals surface area contributed by atoms with Crippen LogP contribution in [0.2, 0.25) is 0 Å². The molecule has 0 aliphatic carbocycles. The first-order chi connectivity index (χ1) is 13.4. The van der Waals surface area contributed by atoms with Gasteiger partial charge in [0.1, 0.15) is 0 Å². The van der Waals surface area contributed by atoms with E-state index in [-0.39, 0.29) is 23.8 Å². The van der Waals surface area contributed by atoms with E-state index in [1.54, 1.807) is 36.4 Å². The number of methoxy groups -OCH3 is 1. The number of ether oxygens (including phenoxy) is 1. The van der Waals surface area contributed by atoms with Crippen molar-refractivity contribution in [3.05, 3.63) is 48.5 Å². The molecule has 0 saturated heterocycles. The van der Waals surface area contributed by atoms with Crippen molar-refractivity contribution in [3.8, 4) is 0 Å². The molecule has 7 nitrogen and oxygen atoms in total. The Morgan fingerprint density at radius 3 is 2.68 bits per heavy atom. The quantitative estimate of drug-likeness (QED) is 0.723. The number of hydrogen-bond acceptors (Lipinski definition) is 6. The molecule has 2 aromatic rings. The lowest BCUT2D eigenvalue weighted by Gasteiger charge is -2.24. The second-order valence-electron chi connectivity index (χ2n) is 6.04. The molecule has 0 spiro atoms. The van der Waals surface area contributed by atoms with Crippen LogP contribution in [0.15, 0.2) is 58.3 Å². The molecule has 9 heteroatoms. The molecule has 1 heterocycles. The lowest BCUT2D eigenvalue weighted by molar-refractivity contribution is -0.140. The second-order valence-corrected chi connectivity index (χ2v) is 9.04.